The van der Waals surface area contributed by atoms with Crippen molar-refractivity contribution in [2.75, 3.05) is 26.7 Å². The average Bonchev–Trinajstić information content (AvgIpc) is 2.41. The molecule has 1 aliphatic heterocycles. The molecule has 5 heteroatoms. The molecular weight excluding hydrogens is 252 g/mol. The zero-order valence-electron chi connectivity index (χ0n) is 10.9. The van der Waals surface area contributed by atoms with E-state index in [2.05, 4.69) is 0 Å². The standard InChI is InChI=1S/C14H17F2NO2/c1-19-11-3-2-6-17(8-11)9-14(18)12-7-10(15)4-5-13(12)16/h4-5,7,11H,2-3,6,8-9H2,1H3. The van der Waals surface area contributed by atoms with Crippen molar-refractivity contribution in [1.82, 2.24) is 4.90 Å². The fraction of sp³-hybridized carbons (Fsp3) is 0.500. The molecule has 0 amide bonds. The summed E-state index contributed by atoms with van der Waals surface area (Å²) in [6.45, 7) is 1.53. The number of carbonyl (C=O) groups is 1. The molecule has 1 saturated heterocycles. The van der Waals surface area contributed by atoms with Crippen molar-refractivity contribution in [2.24, 2.45) is 0 Å². The van der Waals surface area contributed by atoms with Gasteiger partial charge in [-0.1, -0.05) is 0 Å². The second-order valence-electron chi connectivity index (χ2n) is 4.78. The van der Waals surface area contributed by atoms with Crippen LogP contribution in [0.2, 0.25) is 0 Å². The second kappa shape index (κ2) is 6.21. The van der Waals surface area contributed by atoms with E-state index in [1.807, 2.05) is 4.90 Å². The summed E-state index contributed by atoms with van der Waals surface area (Å²) in [7, 11) is 1.64. The number of likely N-dealkylation sites (tertiary alicyclic amines) is 1. The molecule has 104 valence electrons. The van der Waals surface area contributed by atoms with Crippen LogP contribution in [0.3, 0.4) is 0 Å². The highest BCUT2D eigenvalue weighted by atomic mass is 19.1. The molecule has 1 fully saturated rings. The van der Waals surface area contributed by atoms with Gasteiger partial charge in [0, 0.05) is 13.7 Å². The van der Waals surface area contributed by atoms with Gasteiger partial charge in [0.1, 0.15) is 11.6 Å². The van der Waals surface area contributed by atoms with Crippen molar-refractivity contribution in [3.05, 3.63) is 35.4 Å². The zero-order chi connectivity index (χ0) is 13.8. The molecule has 3 nitrogen and oxygen atoms in total. The van der Waals surface area contributed by atoms with Gasteiger partial charge in [-0.25, -0.2) is 8.78 Å². The molecule has 1 atom stereocenters. The number of nitrogens with zero attached hydrogens (tertiary/aromatic N) is 1. The average molecular weight is 269 g/mol. The number of benzene rings is 1. The zero-order valence-corrected chi connectivity index (χ0v) is 10.9. The number of hydrogen-bond donors (Lipinski definition) is 0. The predicted octanol–water partition coefficient (Wildman–Crippen LogP) is 2.26. The Bertz CT molecular complexity index is 465. The number of ketones is 1. The second-order valence-corrected chi connectivity index (χ2v) is 4.78. The highest BCUT2D eigenvalue weighted by molar-refractivity contribution is 5.97. The maximum absolute atomic E-state index is 13.5. The molecule has 2 rings (SSSR count). The fourth-order valence-electron chi connectivity index (χ4n) is 2.35. The summed E-state index contributed by atoms with van der Waals surface area (Å²) < 4.78 is 31.8. The van der Waals surface area contributed by atoms with Gasteiger partial charge >= 0.3 is 0 Å². The van der Waals surface area contributed by atoms with Crippen molar-refractivity contribution >= 4 is 5.78 Å². The Balaban J connectivity index is 2.02. The first kappa shape index (κ1) is 14.1. The SMILES string of the molecule is COC1CCCN(CC(=O)c2cc(F)ccc2F)C1. The Morgan fingerprint density at radius 3 is 3.00 bits per heavy atom. The molecule has 0 aliphatic carbocycles. The molecule has 1 aromatic rings. The van der Waals surface area contributed by atoms with E-state index in [-0.39, 0.29) is 18.2 Å². The van der Waals surface area contributed by atoms with Crippen molar-refractivity contribution < 1.29 is 18.3 Å². The molecule has 1 heterocycles. The lowest BCUT2D eigenvalue weighted by molar-refractivity contribution is 0.0313. The van der Waals surface area contributed by atoms with Crippen LogP contribution in [-0.2, 0) is 4.74 Å². The maximum atomic E-state index is 13.5. The molecule has 0 spiro atoms. The normalized spacial score (nSPS) is 20.5. The Hall–Kier alpha value is -1.33. The minimum absolute atomic E-state index is 0.0975. The van der Waals surface area contributed by atoms with Crippen LogP contribution in [0.1, 0.15) is 23.2 Å². The van der Waals surface area contributed by atoms with E-state index in [0.717, 1.165) is 37.6 Å². The summed E-state index contributed by atoms with van der Waals surface area (Å²) in [6, 6.07) is 2.94. The van der Waals surface area contributed by atoms with Crippen LogP contribution in [0.15, 0.2) is 18.2 Å². The van der Waals surface area contributed by atoms with E-state index in [1.165, 1.54) is 0 Å². The summed E-state index contributed by atoms with van der Waals surface area (Å²) in [5, 5.41) is 0. The molecular formula is C14H17F2NO2. The molecule has 0 N–H and O–H groups in total. The summed E-state index contributed by atoms with van der Waals surface area (Å²) in [4.78, 5) is 13.9. The van der Waals surface area contributed by atoms with Crippen molar-refractivity contribution in [3.63, 3.8) is 0 Å². The van der Waals surface area contributed by atoms with Gasteiger partial charge < -0.3 is 4.74 Å². The van der Waals surface area contributed by atoms with E-state index in [1.54, 1.807) is 7.11 Å². The van der Waals surface area contributed by atoms with Gasteiger partial charge in [-0.2, -0.15) is 0 Å². The third-order valence-corrected chi connectivity index (χ3v) is 3.39. The van der Waals surface area contributed by atoms with Crippen LogP contribution in [0.5, 0.6) is 0 Å². The van der Waals surface area contributed by atoms with Crippen LogP contribution in [0.25, 0.3) is 0 Å². The Morgan fingerprint density at radius 1 is 1.47 bits per heavy atom. The third-order valence-electron chi connectivity index (χ3n) is 3.39. The maximum Gasteiger partial charge on any atom is 0.179 e. The van der Waals surface area contributed by atoms with Gasteiger partial charge in [-0.15, -0.1) is 0 Å². The van der Waals surface area contributed by atoms with E-state index in [0.29, 0.717) is 6.54 Å². The van der Waals surface area contributed by atoms with Crippen LogP contribution < -0.4 is 0 Å². The number of rotatable bonds is 4. The molecule has 19 heavy (non-hydrogen) atoms. The van der Waals surface area contributed by atoms with Gasteiger partial charge in [0.2, 0.25) is 0 Å². The third kappa shape index (κ3) is 3.58. The van der Waals surface area contributed by atoms with Crippen LogP contribution >= 0.6 is 0 Å². The Labute approximate surface area is 111 Å². The number of piperidine rings is 1. The molecule has 0 bridgehead atoms. The number of halogens is 2. The number of methoxy groups -OCH3 is 1. The van der Waals surface area contributed by atoms with Crippen LogP contribution in [0, 0.1) is 11.6 Å². The first-order chi connectivity index (χ1) is 9.10. The Morgan fingerprint density at radius 2 is 2.26 bits per heavy atom. The van der Waals surface area contributed by atoms with E-state index in [4.69, 9.17) is 4.74 Å². The minimum atomic E-state index is -0.674. The topological polar surface area (TPSA) is 29.5 Å². The number of hydrogen-bond acceptors (Lipinski definition) is 3. The lowest BCUT2D eigenvalue weighted by atomic mass is 10.1. The largest absolute Gasteiger partial charge is 0.380 e. The highest BCUT2D eigenvalue weighted by Crippen LogP contribution is 2.15. The van der Waals surface area contributed by atoms with Gasteiger partial charge in [-0.3, -0.25) is 9.69 Å². The van der Waals surface area contributed by atoms with Gasteiger partial charge in [0.15, 0.2) is 5.78 Å². The lowest BCUT2D eigenvalue weighted by Crippen LogP contribution is -2.42. The van der Waals surface area contributed by atoms with Crippen molar-refractivity contribution in [1.29, 1.82) is 0 Å². The summed E-state index contributed by atoms with van der Waals surface area (Å²) >= 11 is 0. The number of carbonyl (C=O) groups excluding carboxylic acids is 1. The lowest BCUT2D eigenvalue weighted by Gasteiger charge is -2.31. The minimum Gasteiger partial charge on any atom is -0.380 e. The fourth-order valence-corrected chi connectivity index (χ4v) is 2.35. The quantitative estimate of drug-likeness (QED) is 0.785. The number of Topliss-reactive ketones (excluding diaryl/α,β-unsaturated/α-hetero) is 1. The smallest absolute Gasteiger partial charge is 0.179 e. The number of ether oxygens (including phenoxy) is 1. The summed E-state index contributed by atoms with van der Waals surface area (Å²) in [5.74, 6) is -1.67. The van der Waals surface area contributed by atoms with Crippen molar-refractivity contribution in [3.8, 4) is 0 Å². The molecule has 1 aliphatic rings. The highest BCUT2D eigenvalue weighted by Gasteiger charge is 2.23. The molecule has 0 aromatic heterocycles. The van der Waals surface area contributed by atoms with E-state index in [9.17, 15) is 13.6 Å². The van der Waals surface area contributed by atoms with Crippen LogP contribution in [-0.4, -0.2) is 43.5 Å². The first-order valence-electron chi connectivity index (χ1n) is 6.33. The van der Waals surface area contributed by atoms with Crippen LogP contribution in [0.4, 0.5) is 8.78 Å². The molecule has 1 unspecified atom stereocenters. The first-order valence-corrected chi connectivity index (χ1v) is 6.33. The monoisotopic (exact) mass is 269 g/mol. The molecule has 0 saturated carbocycles. The van der Waals surface area contributed by atoms with Gasteiger partial charge in [0.25, 0.3) is 0 Å². The summed E-state index contributed by atoms with van der Waals surface area (Å²) in [6.07, 6.45) is 2.02. The van der Waals surface area contributed by atoms with Crippen molar-refractivity contribution in [2.45, 2.75) is 18.9 Å². The van der Waals surface area contributed by atoms with Gasteiger partial charge in [0.05, 0.1) is 18.2 Å². The summed E-state index contributed by atoms with van der Waals surface area (Å²) in [5.41, 5.74) is -0.181. The van der Waals surface area contributed by atoms with E-state index < -0.39 is 17.4 Å². The molecule has 1 aromatic carbocycles. The van der Waals surface area contributed by atoms with E-state index >= 15 is 0 Å². The van der Waals surface area contributed by atoms with Gasteiger partial charge in [-0.05, 0) is 37.6 Å². The Kier molecular flexibility index (Phi) is 4.61. The molecule has 0 radical (unpaired) electrons. The predicted molar refractivity (Wildman–Crippen MR) is 67.2 cm³/mol.